The maximum absolute atomic E-state index is 10.4. The first kappa shape index (κ1) is 10.3. The van der Waals surface area contributed by atoms with Crippen molar-refractivity contribution in [2.24, 2.45) is 0 Å². The van der Waals surface area contributed by atoms with Gasteiger partial charge in [0.05, 0.1) is 13.2 Å². The lowest BCUT2D eigenvalue weighted by Crippen LogP contribution is -2.35. The van der Waals surface area contributed by atoms with Crippen molar-refractivity contribution in [3.8, 4) is 0 Å². The van der Waals surface area contributed by atoms with Crippen LogP contribution in [0.4, 0.5) is 0 Å². The molecule has 0 atom stereocenters. The second-order valence-corrected chi connectivity index (χ2v) is 3.69. The molecule has 1 heterocycles. The highest BCUT2D eigenvalue weighted by Gasteiger charge is 2.10. The van der Waals surface area contributed by atoms with Crippen LogP contribution in [-0.2, 0) is 16.1 Å². The Morgan fingerprint density at radius 3 is 2.47 bits per heavy atom. The minimum absolute atomic E-state index is 0.612. The van der Waals surface area contributed by atoms with E-state index in [4.69, 9.17) is 4.74 Å². The van der Waals surface area contributed by atoms with Gasteiger partial charge in [0.25, 0.3) is 0 Å². The van der Waals surface area contributed by atoms with E-state index in [1.165, 1.54) is 5.56 Å². The monoisotopic (exact) mass is 204 g/mol. The topological polar surface area (TPSA) is 29.5 Å². The van der Waals surface area contributed by atoms with Gasteiger partial charge in [-0.15, -0.1) is 0 Å². The molecule has 0 amide bonds. The van der Waals surface area contributed by atoms with E-state index >= 15 is 0 Å². The molecule has 1 fully saturated rings. The van der Waals surface area contributed by atoms with Gasteiger partial charge in [-0.25, -0.2) is 0 Å². The maximum atomic E-state index is 10.4. The Morgan fingerprint density at radius 1 is 1.20 bits per heavy atom. The quantitative estimate of drug-likeness (QED) is 0.735. The van der Waals surface area contributed by atoms with Crippen LogP contribution < -0.4 is 0 Å². The second-order valence-electron chi connectivity index (χ2n) is 3.69. The minimum Gasteiger partial charge on any atom is -0.379 e. The maximum Gasteiger partial charge on any atom is 0.233 e. The third-order valence-corrected chi connectivity index (χ3v) is 2.58. The largest absolute Gasteiger partial charge is 0.379 e. The Labute approximate surface area is 89.7 Å². The van der Waals surface area contributed by atoms with Crippen LogP contribution in [0.15, 0.2) is 24.3 Å². The zero-order valence-corrected chi connectivity index (χ0v) is 8.61. The van der Waals surface area contributed by atoms with Crippen molar-refractivity contribution in [1.29, 1.82) is 0 Å². The standard InChI is InChI=1S/C12H14NO2/c14-10-12-3-1-11(2-4-12)9-13-5-7-15-8-6-13/h1-4H,5-9H2. The minimum atomic E-state index is 0.612. The first-order valence-electron chi connectivity index (χ1n) is 5.16. The van der Waals surface area contributed by atoms with Crippen LogP contribution in [-0.4, -0.2) is 37.5 Å². The van der Waals surface area contributed by atoms with Crippen LogP contribution in [0.5, 0.6) is 0 Å². The number of rotatable bonds is 3. The van der Waals surface area contributed by atoms with Crippen molar-refractivity contribution in [1.82, 2.24) is 4.90 Å². The van der Waals surface area contributed by atoms with Crippen molar-refractivity contribution in [3.05, 3.63) is 35.4 Å². The molecule has 0 N–H and O–H groups in total. The van der Waals surface area contributed by atoms with E-state index in [-0.39, 0.29) is 0 Å². The van der Waals surface area contributed by atoms with E-state index in [2.05, 4.69) is 4.90 Å². The van der Waals surface area contributed by atoms with E-state index in [1.54, 1.807) is 0 Å². The summed E-state index contributed by atoms with van der Waals surface area (Å²) in [5.74, 6) is 0. The van der Waals surface area contributed by atoms with Gasteiger partial charge in [0.2, 0.25) is 6.29 Å². The number of morpholine rings is 1. The molecular formula is C12H14NO2. The molecule has 2 rings (SSSR count). The van der Waals surface area contributed by atoms with E-state index in [0.717, 1.165) is 32.8 Å². The van der Waals surface area contributed by atoms with Crippen LogP contribution in [0.2, 0.25) is 0 Å². The van der Waals surface area contributed by atoms with E-state index < -0.39 is 0 Å². The Balaban J connectivity index is 1.94. The molecule has 15 heavy (non-hydrogen) atoms. The van der Waals surface area contributed by atoms with Gasteiger partial charge in [0.1, 0.15) is 0 Å². The third-order valence-electron chi connectivity index (χ3n) is 2.58. The van der Waals surface area contributed by atoms with Gasteiger partial charge in [-0.1, -0.05) is 24.3 Å². The van der Waals surface area contributed by atoms with E-state index in [0.29, 0.717) is 5.56 Å². The highest BCUT2D eigenvalue weighted by atomic mass is 16.5. The molecule has 0 bridgehead atoms. The summed E-state index contributed by atoms with van der Waals surface area (Å²) in [6, 6.07) is 7.58. The molecule has 0 saturated carbocycles. The fourth-order valence-electron chi connectivity index (χ4n) is 1.70. The SMILES string of the molecule is O=[C]c1ccc(CN2CCOCC2)cc1. The van der Waals surface area contributed by atoms with Gasteiger partial charge in [0.15, 0.2) is 0 Å². The van der Waals surface area contributed by atoms with Crippen LogP contribution >= 0.6 is 0 Å². The summed E-state index contributed by atoms with van der Waals surface area (Å²) >= 11 is 0. The molecule has 0 aromatic heterocycles. The molecule has 1 aliphatic heterocycles. The molecule has 3 heteroatoms. The lowest BCUT2D eigenvalue weighted by atomic mass is 10.1. The first-order chi connectivity index (χ1) is 7.38. The second kappa shape index (κ2) is 5.05. The predicted octanol–water partition coefficient (Wildman–Crippen LogP) is 0.977. The number of benzene rings is 1. The molecule has 3 nitrogen and oxygen atoms in total. The van der Waals surface area contributed by atoms with Crippen LogP contribution in [0.3, 0.4) is 0 Å². The molecular weight excluding hydrogens is 190 g/mol. The Hall–Kier alpha value is -1.19. The van der Waals surface area contributed by atoms with Gasteiger partial charge in [-0.3, -0.25) is 9.69 Å². The van der Waals surface area contributed by atoms with Crippen molar-refractivity contribution in [2.45, 2.75) is 6.54 Å². The summed E-state index contributed by atoms with van der Waals surface area (Å²) in [6.45, 7) is 4.55. The molecule has 0 aliphatic carbocycles. The summed E-state index contributed by atoms with van der Waals surface area (Å²) in [5, 5.41) is 0. The molecule has 1 aromatic carbocycles. The molecule has 79 valence electrons. The van der Waals surface area contributed by atoms with Crippen molar-refractivity contribution < 1.29 is 9.53 Å². The first-order valence-corrected chi connectivity index (χ1v) is 5.16. The summed E-state index contributed by atoms with van der Waals surface area (Å²) in [6.07, 6.45) is 1.87. The van der Waals surface area contributed by atoms with Gasteiger partial charge in [-0.2, -0.15) is 0 Å². The lowest BCUT2D eigenvalue weighted by Gasteiger charge is -2.26. The highest BCUT2D eigenvalue weighted by Crippen LogP contribution is 2.07. The average molecular weight is 204 g/mol. The van der Waals surface area contributed by atoms with E-state index in [1.807, 2.05) is 30.6 Å². The van der Waals surface area contributed by atoms with Crippen LogP contribution in [0, 0.1) is 0 Å². The van der Waals surface area contributed by atoms with Crippen LogP contribution in [0.1, 0.15) is 11.1 Å². The predicted molar refractivity (Wildman–Crippen MR) is 57.3 cm³/mol. The average Bonchev–Trinajstić information content (AvgIpc) is 2.31. The van der Waals surface area contributed by atoms with Crippen LogP contribution in [0.25, 0.3) is 0 Å². The normalized spacial score (nSPS) is 17.6. The van der Waals surface area contributed by atoms with Gasteiger partial charge < -0.3 is 4.74 Å². The Bertz CT molecular complexity index is 315. The fourth-order valence-corrected chi connectivity index (χ4v) is 1.70. The molecule has 1 saturated heterocycles. The molecule has 1 aromatic rings. The van der Waals surface area contributed by atoms with Gasteiger partial charge in [0, 0.05) is 25.2 Å². The zero-order valence-electron chi connectivity index (χ0n) is 8.61. The summed E-state index contributed by atoms with van der Waals surface area (Å²) in [5.41, 5.74) is 1.84. The molecule has 1 radical (unpaired) electrons. The van der Waals surface area contributed by atoms with Crippen molar-refractivity contribution in [3.63, 3.8) is 0 Å². The number of carbonyl (C=O) groups excluding carboxylic acids is 1. The third kappa shape index (κ3) is 2.88. The van der Waals surface area contributed by atoms with Crippen molar-refractivity contribution >= 4 is 6.29 Å². The summed E-state index contributed by atoms with van der Waals surface area (Å²) in [7, 11) is 0. The molecule has 1 aliphatic rings. The fraction of sp³-hybridized carbons (Fsp3) is 0.417. The number of nitrogens with zero attached hydrogens (tertiary/aromatic N) is 1. The van der Waals surface area contributed by atoms with Gasteiger partial charge in [-0.05, 0) is 5.56 Å². The van der Waals surface area contributed by atoms with Gasteiger partial charge >= 0.3 is 0 Å². The van der Waals surface area contributed by atoms with E-state index in [9.17, 15) is 4.79 Å². The Morgan fingerprint density at radius 2 is 1.87 bits per heavy atom. The Kier molecular flexibility index (Phi) is 3.48. The summed E-state index contributed by atoms with van der Waals surface area (Å²) in [4.78, 5) is 12.7. The smallest absolute Gasteiger partial charge is 0.233 e. The molecule has 0 spiro atoms. The zero-order chi connectivity index (χ0) is 10.5. The number of ether oxygens (including phenoxy) is 1. The lowest BCUT2D eigenvalue weighted by molar-refractivity contribution is 0.0342. The van der Waals surface area contributed by atoms with Crippen molar-refractivity contribution in [2.75, 3.05) is 26.3 Å². The number of hydrogen-bond donors (Lipinski definition) is 0. The summed E-state index contributed by atoms with van der Waals surface area (Å²) < 4.78 is 5.28. The number of hydrogen-bond acceptors (Lipinski definition) is 3. The highest BCUT2D eigenvalue weighted by molar-refractivity contribution is 5.75. The molecule has 0 unspecified atom stereocenters.